The normalized spacial score (nSPS) is 21.8. The minimum atomic E-state index is -1.83. The van der Waals surface area contributed by atoms with Crippen molar-refractivity contribution in [1.29, 1.82) is 0 Å². The van der Waals surface area contributed by atoms with Crippen LogP contribution in [0.3, 0.4) is 0 Å². The molecule has 4 aromatic rings. The molecule has 13 nitrogen and oxygen atoms in total. The van der Waals surface area contributed by atoms with E-state index in [2.05, 4.69) is 10.3 Å². The zero-order chi connectivity index (χ0) is 30.8. The lowest BCUT2D eigenvalue weighted by atomic mass is 9.87. The summed E-state index contributed by atoms with van der Waals surface area (Å²) >= 11 is 0. The van der Waals surface area contributed by atoms with Crippen molar-refractivity contribution in [2.45, 2.75) is 37.1 Å². The lowest BCUT2D eigenvalue weighted by molar-refractivity contribution is -0.221. The summed E-state index contributed by atoms with van der Waals surface area (Å²) in [5, 5.41) is 45.2. The van der Waals surface area contributed by atoms with Crippen LogP contribution in [-0.4, -0.2) is 77.1 Å². The zero-order valence-electron chi connectivity index (χ0n) is 23.4. The van der Waals surface area contributed by atoms with Crippen LogP contribution in [0.5, 0.6) is 17.2 Å². The number of fused-ring (bicyclic) bond motifs is 1. The van der Waals surface area contributed by atoms with Gasteiger partial charge in [-0.3, -0.25) is 14.6 Å². The van der Waals surface area contributed by atoms with Crippen molar-refractivity contribution in [2.75, 3.05) is 26.6 Å². The summed E-state index contributed by atoms with van der Waals surface area (Å²) < 4.78 is 28.2. The van der Waals surface area contributed by atoms with Crippen LogP contribution in [0.15, 0.2) is 64.1 Å². The number of amides is 1. The highest BCUT2D eigenvalue weighted by molar-refractivity contribution is 5.95. The third-order valence-electron chi connectivity index (χ3n) is 7.24. The van der Waals surface area contributed by atoms with Crippen LogP contribution in [0, 0.1) is 0 Å². The number of hydrogen-bond acceptors (Lipinski definition) is 12. The Hall–Kier alpha value is -4.53. The number of methoxy groups -OCH3 is 3. The summed E-state index contributed by atoms with van der Waals surface area (Å²) in [4.78, 5) is 30.5. The molecule has 3 heterocycles. The van der Waals surface area contributed by atoms with Gasteiger partial charge >= 0.3 is 0 Å². The summed E-state index contributed by atoms with van der Waals surface area (Å²) in [5.41, 5.74) is 0.527. The number of anilines is 1. The number of rotatable bonds is 8. The first-order valence-corrected chi connectivity index (χ1v) is 13.1. The van der Waals surface area contributed by atoms with Crippen molar-refractivity contribution in [2.24, 2.45) is 0 Å². The summed E-state index contributed by atoms with van der Waals surface area (Å²) in [6, 6.07) is 10.6. The summed E-state index contributed by atoms with van der Waals surface area (Å²) in [6.07, 6.45) is -5.65. The molecule has 5 rings (SSSR count). The smallest absolute Gasteiger partial charge is 0.256 e. The monoisotopic (exact) mass is 594 g/mol. The Morgan fingerprint density at radius 2 is 1.65 bits per heavy atom. The first kappa shape index (κ1) is 29.9. The number of hydrogen-bond donors (Lipinski definition) is 5. The molecular weight excluding hydrogens is 564 g/mol. The first-order valence-electron chi connectivity index (χ1n) is 13.1. The lowest BCUT2D eigenvalue weighted by Crippen LogP contribution is -2.57. The van der Waals surface area contributed by atoms with Gasteiger partial charge in [0.15, 0.2) is 23.0 Å². The SMILES string of the molecule is COc1ccc(-c2cc(=O)c3c(OC)c(C4OC(C(=O)Nc5ccncc5)C(O)C(O)C4O)c(CO)cc3o2)cc1OC. The molecule has 0 bridgehead atoms. The molecule has 0 saturated carbocycles. The number of pyridine rings is 1. The van der Waals surface area contributed by atoms with Gasteiger partial charge in [-0.15, -0.1) is 0 Å². The first-order chi connectivity index (χ1) is 20.7. The zero-order valence-corrected chi connectivity index (χ0v) is 23.4. The van der Waals surface area contributed by atoms with Gasteiger partial charge in [0.05, 0.1) is 27.9 Å². The Balaban J connectivity index is 1.60. The van der Waals surface area contributed by atoms with Gasteiger partial charge < -0.3 is 49.1 Å². The summed E-state index contributed by atoms with van der Waals surface area (Å²) in [7, 11) is 4.24. The molecular formula is C30H30N2O11. The van der Waals surface area contributed by atoms with Crippen LogP contribution < -0.4 is 25.0 Å². The van der Waals surface area contributed by atoms with E-state index in [4.69, 9.17) is 23.4 Å². The molecule has 1 amide bonds. The summed E-state index contributed by atoms with van der Waals surface area (Å²) in [5.74, 6) is 0.180. The van der Waals surface area contributed by atoms with Crippen molar-refractivity contribution in [3.8, 4) is 28.6 Å². The maximum absolute atomic E-state index is 13.5. The number of ether oxygens (including phenoxy) is 4. The molecule has 43 heavy (non-hydrogen) atoms. The molecule has 226 valence electrons. The number of aliphatic hydroxyl groups is 4. The standard InChI is InChI=1S/C30H30N2O11/c1-39-18-5-4-14(10-20(18)40-2)19-12-17(34)23-21(42-19)11-15(13-33)22(27(23)41-3)28-25(36)24(35)26(37)29(43-28)30(38)32-16-6-8-31-9-7-16/h4-12,24-26,28-29,33,35-37H,13H2,1-3H3,(H,31,32,38). The van der Waals surface area contributed by atoms with Crippen LogP contribution in [0.1, 0.15) is 17.2 Å². The van der Waals surface area contributed by atoms with E-state index in [0.29, 0.717) is 22.7 Å². The van der Waals surface area contributed by atoms with Crippen molar-refractivity contribution in [3.05, 3.63) is 76.2 Å². The summed E-state index contributed by atoms with van der Waals surface area (Å²) in [6.45, 7) is -0.620. The van der Waals surface area contributed by atoms with Gasteiger partial charge in [-0.1, -0.05) is 0 Å². The average Bonchev–Trinajstić information content (AvgIpc) is 3.02. The van der Waals surface area contributed by atoms with E-state index in [-0.39, 0.29) is 33.6 Å². The second-order valence-corrected chi connectivity index (χ2v) is 9.73. The van der Waals surface area contributed by atoms with Crippen LogP contribution in [0.2, 0.25) is 0 Å². The van der Waals surface area contributed by atoms with Gasteiger partial charge in [0.2, 0.25) is 0 Å². The molecule has 1 saturated heterocycles. The average molecular weight is 595 g/mol. The number of nitrogens with one attached hydrogen (secondary N) is 1. The molecule has 5 atom stereocenters. The Kier molecular flexibility index (Phi) is 8.62. The number of nitrogens with zero attached hydrogens (tertiary/aromatic N) is 1. The van der Waals surface area contributed by atoms with Crippen molar-refractivity contribution in [3.63, 3.8) is 0 Å². The predicted molar refractivity (Wildman–Crippen MR) is 152 cm³/mol. The quantitative estimate of drug-likeness (QED) is 0.198. The minimum Gasteiger partial charge on any atom is -0.495 e. The van der Waals surface area contributed by atoms with E-state index in [1.807, 2.05) is 0 Å². The number of carbonyl (C=O) groups is 1. The molecule has 1 aliphatic heterocycles. The number of carbonyl (C=O) groups excluding carboxylic acids is 1. The molecule has 1 fully saturated rings. The van der Waals surface area contributed by atoms with Gasteiger partial charge in [0, 0.05) is 35.3 Å². The van der Waals surface area contributed by atoms with Gasteiger partial charge in [0.1, 0.15) is 46.9 Å². The fraction of sp³-hybridized carbons (Fsp3) is 0.300. The van der Waals surface area contributed by atoms with Crippen LogP contribution in [-0.2, 0) is 16.1 Å². The van der Waals surface area contributed by atoms with E-state index in [1.165, 1.54) is 58.0 Å². The highest BCUT2D eigenvalue weighted by Gasteiger charge is 2.48. The molecule has 2 aromatic heterocycles. The topological polar surface area (TPSA) is 190 Å². The number of aliphatic hydroxyl groups excluding tert-OH is 4. The number of aromatic nitrogens is 1. The Morgan fingerprint density at radius 3 is 2.30 bits per heavy atom. The van der Waals surface area contributed by atoms with E-state index >= 15 is 0 Å². The Bertz CT molecular complexity index is 1690. The molecule has 0 radical (unpaired) electrons. The van der Waals surface area contributed by atoms with E-state index in [9.17, 15) is 30.0 Å². The predicted octanol–water partition coefficient (Wildman–Crippen LogP) is 1.53. The maximum atomic E-state index is 13.5. The Morgan fingerprint density at radius 1 is 0.930 bits per heavy atom. The molecule has 5 unspecified atom stereocenters. The van der Waals surface area contributed by atoms with Gasteiger partial charge in [-0.05, 0) is 42.0 Å². The highest BCUT2D eigenvalue weighted by Crippen LogP contribution is 2.43. The lowest BCUT2D eigenvalue weighted by Gasteiger charge is -2.41. The molecule has 2 aromatic carbocycles. The fourth-order valence-corrected chi connectivity index (χ4v) is 5.12. The second kappa shape index (κ2) is 12.4. The molecule has 5 N–H and O–H groups in total. The fourth-order valence-electron chi connectivity index (χ4n) is 5.12. The van der Waals surface area contributed by atoms with Crippen LogP contribution in [0.25, 0.3) is 22.3 Å². The largest absolute Gasteiger partial charge is 0.495 e. The van der Waals surface area contributed by atoms with Crippen molar-refractivity contribution in [1.82, 2.24) is 4.98 Å². The van der Waals surface area contributed by atoms with Crippen LogP contribution >= 0.6 is 0 Å². The van der Waals surface area contributed by atoms with Crippen molar-refractivity contribution < 1.29 is 48.6 Å². The molecule has 1 aliphatic rings. The molecule has 0 spiro atoms. The second-order valence-electron chi connectivity index (χ2n) is 9.73. The van der Waals surface area contributed by atoms with Gasteiger partial charge in [0.25, 0.3) is 5.91 Å². The maximum Gasteiger partial charge on any atom is 0.256 e. The Labute approximate surface area is 244 Å². The van der Waals surface area contributed by atoms with Gasteiger partial charge in [-0.25, -0.2) is 0 Å². The number of benzene rings is 2. The van der Waals surface area contributed by atoms with Crippen LogP contribution in [0.4, 0.5) is 5.69 Å². The van der Waals surface area contributed by atoms with E-state index in [1.54, 1.807) is 18.2 Å². The van der Waals surface area contributed by atoms with E-state index < -0.39 is 48.5 Å². The highest BCUT2D eigenvalue weighted by atomic mass is 16.5. The third-order valence-corrected chi connectivity index (χ3v) is 7.24. The van der Waals surface area contributed by atoms with Gasteiger partial charge in [-0.2, -0.15) is 0 Å². The third kappa shape index (κ3) is 5.51. The van der Waals surface area contributed by atoms with E-state index in [0.717, 1.165) is 0 Å². The molecule has 13 heteroatoms. The molecule has 0 aliphatic carbocycles. The minimum absolute atomic E-state index is 0.00354. The van der Waals surface area contributed by atoms with Crippen molar-refractivity contribution >= 4 is 22.6 Å².